The zero-order valence-corrected chi connectivity index (χ0v) is 8.07. The second-order valence-electron chi connectivity index (χ2n) is 3.25. The molecule has 0 amide bonds. The van der Waals surface area contributed by atoms with Gasteiger partial charge in [0.15, 0.2) is 0 Å². The Morgan fingerprint density at radius 2 is 2.29 bits per heavy atom. The molecule has 0 aliphatic carbocycles. The highest BCUT2D eigenvalue weighted by atomic mass is 16.5. The lowest BCUT2D eigenvalue weighted by molar-refractivity contribution is 0.233. The number of fused-ring (bicyclic) bond motifs is 1. The van der Waals surface area contributed by atoms with Crippen molar-refractivity contribution in [1.29, 1.82) is 0 Å². The zero-order chi connectivity index (χ0) is 9.97. The molecule has 2 aromatic rings. The molecule has 3 heteroatoms. The number of rotatable bonds is 3. The van der Waals surface area contributed by atoms with Crippen LogP contribution in [0.1, 0.15) is 6.92 Å². The topological polar surface area (TPSA) is 48.4 Å². The monoisotopic (exact) mass is 191 g/mol. The van der Waals surface area contributed by atoms with Crippen LogP contribution in [-0.4, -0.2) is 12.6 Å². The fourth-order valence-corrected chi connectivity index (χ4v) is 1.33. The fourth-order valence-electron chi connectivity index (χ4n) is 1.33. The highest BCUT2D eigenvalue weighted by Crippen LogP contribution is 2.26. The number of benzene rings is 1. The van der Waals surface area contributed by atoms with Crippen LogP contribution in [-0.2, 0) is 0 Å². The molecule has 0 aliphatic rings. The van der Waals surface area contributed by atoms with Crippen LogP contribution in [0.2, 0.25) is 0 Å². The van der Waals surface area contributed by atoms with Crippen LogP contribution in [0, 0.1) is 0 Å². The molecule has 2 N–H and O–H groups in total. The lowest BCUT2D eigenvalue weighted by Gasteiger charge is -2.12. The molecule has 14 heavy (non-hydrogen) atoms. The minimum absolute atomic E-state index is 0.0236. The van der Waals surface area contributed by atoms with E-state index in [9.17, 15) is 0 Å². The molecule has 1 aromatic carbocycles. The first-order valence-electron chi connectivity index (χ1n) is 4.64. The number of hydrogen-bond donors (Lipinski definition) is 1. The van der Waals surface area contributed by atoms with Gasteiger partial charge in [0.25, 0.3) is 0 Å². The third-order valence-electron chi connectivity index (χ3n) is 2.12. The molecule has 74 valence electrons. The van der Waals surface area contributed by atoms with Crippen molar-refractivity contribution in [3.8, 4) is 5.75 Å². The van der Waals surface area contributed by atoms with Gasteiger partial charge in [0.2, 0.25) is 0 Å². The van der Waals surface area contributed by atoms with E-state index in [2.05, 4.69) is 0 Å². The van der Waals surface area contributed by atoms with Gasteiger partial charge in [-0.1, -0.05) is 6.07 Å². The predicted molar refractivity (Wildman–Crippen MR) is 55.4 cm³/mol. The van der Waals surface area contributed by atoms with Crippen molar-refractivity contribution in [3.63, 3.8) is 0 Å². The standard InChI is InChI=1S/C11H13NO2/c1-8(7-12)14-11-4-2-3-10-9(11)5-6-13-10/h2-6,8H,7,12H2,1H3. The smallest absolute Gasteiger partial charge is 0.137 e. The Kier molecular flexibility index (Phi) is 2.41. The second-order valence-corrected chi connectivity index (χ2v) is 3.25. The van der Waals surface area contributed by atoms with Gasteiger partial charge in [-0.15, -0.1) is 0 Å². The van der Waals surface area contributed by atoms with Gasteiger partial charge in [0, 0.05) is 6.54 Å². The van der Waals surface area contributed by atoms with Crippen molar-refractivity contribution >= 4 is 11.0 Å². The Bertz CT molecular complexity index is 422. The number of ether oxygens (including phenoxy) is 1. The van der Waals surface area contributed by atoms with E-state index < -0.39 is 0 Å². The van der Waals surface area contributed by atoms with Gasteiger partial charge < -0.3 is 14.9 Å². The molecule has 0 saturated carbocycles. The third kappa shape index (κ3) is 1.59. The van der Waals surface area contributed by atoms with E-state index in [1.807, 2.05) is 31.2 Å². The van der Waals surface area contributed by atoms with Gasteiger partial charge in [0.1, 0.15) is 17.4 Å². The maximum atomic E-state index is 5.65. The first kappa shape index (κ1) is 9.09. The predicted octanol–water partition coefficient (Wildman–Crippen LogP) is 2.16. The van der Waals surface area contributed by atoms with Crippen molar-refractivity contribution in [2.75, 3.05) is 6.54 Å². The molecule has 1 unspecified atom stereocenters. The highest BCUT2D eigenvalue weighted by molar-refractivity contribution is 5.83. The minimum Gasteiger partial charge on any atom is -0.489 e. The number of furan rings is 1. The average molecular weight is 191 g/mol. The van der Waals surface area contributed by atoms with E-state index in [0.29, 0.717) is 6.54 Å². The Morgan fingerprint density at radius 1 is 1.43 bits per heavy atom. The summed E-state index contributed by atoms with van der Waals surface area (Å²) in [5.74, 6) is 0.828. The summed E-state index contributed by atoms with van der Waals surface area (Å²) < 4.78 is 10.9. The maximum absolute atomic E-state index is 5.65. The lowest BCUT2D eigenvalue weighted by atomic mass is 10.2. The number of hydrogen-bond acceptors (Lipinski definition) is 3. The van der Waals surface area contributed by atoms with Crippen molar-refractivity contribution < 1.29 is 9.15 Å². The molecule has 0 aliphatic heterocycles. The van der Waals surface area contributed by atoms with Crippen LogP contribution in [0.5, 0.6) is 5.75 Å². The molecule has 0 radical (unpaired) electrons. The van der Waals surface area contributed by atoms with E-state index in [4.69, 9.17) is 14.9 Å². The summed E-state index contributed by atoms with van der Waals surface area (Å²) in [7, 11) is 0. The SMILES string of the molecule is CC(CN)Oc1cccc2occc12. The fraction of sp³-hybridized carbons (Fsp3) is 0.273. The molecule has 0 spiro atoms. The second kappa shape index (κ2) is 3.72. The van der Waals surface area contributed by atoms with Crippen molar-refractivity contribution in [1.82, 2.24) is 0 Å². The summed E-state index contributed by atoms with van der Waals surface area (Å²) in [5.41, 5.74) is 6.33. The van der Waals surface area contributed by atoms with Crippen LogP contribution in [0.3, 0.4) is 0 Å². The maximum Gasteiger partial charge on any atom is 0.137 e. The van der Waals surface area contributed by atoms with Gasteiger partial charge in [-0.05, 0) is 25.1 Å². The molecule has 0 saturated heterocycles. The molecule has 2 rings (SSSR count). The molecule has 0 fully saturated rings. The van der Waals surface area contributed by atoms with Crippen LogP contribution >= 0.6 is 0 Å². The molecular weight excluding hydrogens is 178 g/mol. The zero-order valence-electron chi connectivity index (χ0n) is 8.07. The summed E-state index contributed by atoms with van der Waals surface area (Å²) in [6.07, 6.45) is 1.68. The van der Waals surface area contributed by atoms with Crippen LogP contribution in [0.4, 0.5) is 0 Å². The summed E-state index contributed by atoms with van der Waals surface area (Å²) in [4.78, 5) is 0. The van der Waals surface area contributed by atoms with E-state index in [1.165, 1.54) is 0 Å². The van der Waals surface area contributed by atoms with Crippen molar-refractivity contribution in [2.24, 2.45) is 5.73 Å². The van der Waals surface area contributed by atoms with E-state index >= 15 is 0 Å². The molecular formula is C11H13NO2. The summed E-state index contributed by atoms with van der Waals surface area (Å²) in [6.45, 7) is 2.45. The van der Waals surface area contributed by atoms with Crippen LogP contribution in [0.25, 0.3) is 11.0 Å². The Hall–Kier alpha value is -1.48. The van der Waals surface area contributed by atoms with Crippen molar-refractivity contribution in [3.05, 3.63) is 30.5 Å². The molecule has 1 heterocycles. The highest BCUT2D eigenvalue weighted by Gasteiger charge is 2.06. The van der Waals surface area contributed by atoms with E-state index in [0.717, 1.165) is 16.7 Å². The van der Waals surface area contributed by atoms with Gasteiger partial charge in [-0.3, -0.25) is 0 Å². The average Bonchev–Trinajstić information content (AvgIpc) is 2.66. The Balaban J connectivity index is 2.36. The third-order valence-corrected chi connectivity index (χ3v) is 2.12. The van der Waals surface area contributed by atoms with Gasteiger partial charge in [-0.2, -0.15) is 0 Å². The largest absolute Gasteiger partial charge is 0.489 e. The van der Waals surface area contributed by atoms with E-state index in [1.54, 1.807) is 6.26 Å². The van der Waals surface area contributed by atoms with Gasteiger partial charge in [-0.25, -0.2) is 0 Å². The van der Waals surface area contributed by atoms with Gasteiger partial charge >= 0.3 is 0 Å². The van der Waals surface area contributed by atoms with Crippen molar-refractivity contribution in [2.45, 2.75) is 13.0 Å². The molecule has 0 bridgehead atoms. The van der Waals surface area contributed by atoms with Crippen LogP contribution in [0.15, 0.2) is 34.9 Å². The molecule has 3 nitrogen and oxygen atoms in total. The summed E-state index contributed by atoms with van der Waals surface area (Å²) in [5, 5.41) is 0.993. The first-order chi connectivity index (χ1) is 6.81. The molecule has 1 aromatic heterocycles. The minimum atomic E-state index is 0.0236. The Labute approximate surface area is 82.5 Å². The quantitative estimate of drug-likeness (QED) is 0.808. The normalized spacial score (nSPS) is 13.0. The van der Waals surface area contributed by atoms with Crippen LogP contribution < -0.4 is 10.5 Å². The van der Waals surface area contributed by atoms with Gasteiger partial charge in [0.05, 0.1) is 11.6 Å². The first-order valence-corrected chi connectivity index (χ1v) is 4.64. The Morgan fingerprint density at radius 3 is 3.07 bits per heavy atom. The lowest BCUT2D eigenvalue weighted by Crippen LogP contribution is -2.22. The summed E-state index contributed by atoms with van der Waals surface area (Å²) in [6, 6.07) is 7.64. The number of nitrogens with two attached hydrogens (primary N) is 1. The molecule has 1 atom stereocenters. The summed E-state index contributed by atoms with van der Waals surface area (Å²) >= 11 is 0. The van der Waals surface area contributed by atoms with E-state index in [-0.39, 0.29) is 6.10 Å².